The molecule has 1 aliphatic rings. The lowest BCUT2D eigenvalue weighted by molar-refractivity contribution is -0.135. The number of hydrogen-bond acceptors (Lipinski definition) is 4. The molecule has 0 atom stereocenters. The van der Waals surface area contributed by atoms with Crippen molar-refractivity contribution in [2.45, 2.75) is 25.9 Å². The summed E-state index contributed by atoms with van der Waals surface area (Å²) in [5.41, 5.74) is 2.98. The van der Waals surface area contributed by atoms with Gasteiger partial charge in [-0.25, -0.2) is 8.42 Å². The Morgan fingerprint density at radius 3 is 2.35 bits per heavy atom. The van der Waals surface area contributed by atoms with Crippen LogP contribution in [0.15, 0.2) is 78.5 Å². The van der Waals surface area contributed by atoms with E-state index in [9.17, 15) is 13.2 Å². The third-order valence-corrected chi connectivity index (χ3v) is 7.63. The van der Waals surface area contributed by atoms with Gasteiger partial charge in [0.05, 0.1) is 12.7 Å². The molecule has 1 amide bonds. The zero-order valence-corrected chi connectivity index (χ0v) is 20.1. The lowest BCUT2D eigenvalue weighted by atomic mass is 9.96. The number of carbonyl (C=O) groups excluding carboxylic acids is 1. The highest BCUT2D eigenvalue weighted by Gasteiger charge is 2.31. The van der Waals surface area contributed by atoms with E-state index in [-0.39, 0.29) is 11.8 Å². The lowest BCUT2D eigenvalue weighted by Crippen LogP contribution is -2.42. The quantitative estimate of drug-likeness (QED) is 0.496. The Bertz CT molecular complexity index is 1220. The van der Waals surface area contributed by atoms with Gasteiger partial charge < -0.3 is 4.90 Å². The highest BCUT2D eigenvalue weighted by Crippen LogP contribution is 2.23. The van der Waals surface area contributed by atoms with Gasteiger partial charge in [0.1, 0.15) is 0 Å². The first kappa shape index (κ1) is 23.9. The highest BCUT2D eigenvalue weighted by atomic mass is 32.2. The van der Waals surface area contributed by atoms with E-state index in [0.29, 0.717) is 39.0 Å². The molecule has 3 aromatic rings. The fourth-order valence-electron chi connectivity index (χ4n) is 4.18. The fraction of sp³-hybridized carbons (Fsp3) is 0.308. The maximum Gasteiger partial charge on any atom is 0.236 e. The second-order valence-corrected chi connectivity index (χ2v) is 10.5. The Balaban J connectivity index is 1.28. The van der Waals surface area contributed by atoms with Crippen LogP contribution in [0.3, 0.4) is 0 Å². The van der Waals surface area contributed by atoms with E-state index in [1.807, 2.05) is 59.4 Å². The first-order valence-corrected chi connectivity index (χ1v) is 12.9. The topological polar surface area (TPSA) is 75.5 Å². The van der Waals surface area contributed by atoms with E-state index in [1.54, 1.807) is 24.2 Å². The SMILES string of the molecule is CN(Cc1cnn(Cc2ccccc2)c1)C(=O)C1CCN(S(=O)(=O)C=Cc2ccccc2)CC1. The first-order valence-electron chi connectivity index (χ1n) is 11.4. The van der Waals surface area contributed by atoms with Gasteiger partial charge in [-0.1, -0.05) is 60.7 Å². The molecule has 1 aromatic heterocycles. The molecule has 0 N–H and O–H groups in total. The minimum atomic E-state index is -3.51. The summed E-state index contributed by atoms with van der Waals surface area (Å²) in [6, 6.07) is 19.5. The van der Waals surface area contributed by atoms with E-state index in [2.05, 4.69) is 17.2 Å². The van der Waals surface area contributed by atoms with Crippen molar-refractivity contribution >= 4 is 22.0 Å². The summed E-state index contributed by atoms with van der Waals surface area (Å²) in [5, 5.41) is 5.67. The summed E-state index contributed by atoms with van der Waals surface area (Å²) in [5.74, 6) is -0.124. The number of sulfonamides is 1. The molecule has 0 bridgehead atoms. The van der Waals surface area contributed by atoms with Crippen LogP contribution in [0, 0.1) is 5.92 Å². The van der Waals surface area contributed by atoms with E-state index >= 15 is 0 Å². The number of rotatable bonds is 8. The van der Waals surface area contributed by atoms with Crippen molar-refractivity contribution in [2.24, 2.45) is 5.92 Å². The molecule has 0 unspecified atom stereocenters. The number of carbonyl (C=O) groups is 1. The number of piperidine rings is 1. The van der Waals surface area contributed by atoms with Gasteiger partial charge in [0, 0.05) is 49.8 Å². The van der Waals surface area contributed by atoms with Crippen LogP contribution in [-0.2, 0) is 27.9 Å². The van der Waals surface area contributed by atoms with Gasteiger partial charge in [-0.2, -0.15) is 9.40 Å². The molecule has 8 heteroatoms. The van der Waals surface area contributed by atoms with Crippen molar-refractivity contribution in [3.8, 4) is 0 Å². The number of aromatic nitrogens is 2. The molecule has 0 aliphatic carbocycles. The minimum absolute atomic E-state index is 0.0488. The van der Waals surface area contributed by atoms with Crippen molar-refractivity contribution in [1.82, 2.24) is 19.0 Å². The van der Waals surface area contributed by atoms with Crippen LogP contribution in [0.1, 0.15) is 29.5 Å². The summed E-state index contributed by atoms with van der Waals surface area (Å²) in [4.78, 5) is 14.7. The smallest absolute Gasteiger partial charge is 0.236 e. The van der Waals surface area contributed by atoms with E-state index in [1.165, 1.54) is 15.3 Å². The molecule has 2 heterocycles. The Morgan fingerprint density at radius 1 is 1.03 bits per heavy atom. The normalized spacial score (nSPS) is 15.6. The Hall–Kier alpha value is -3.23. The summed E-state index contributed by atoms with van der Waals surface area (Å²) < 4.78 is 28.7. The summed E-state index contributed by atoms with van der Waals surface area (Å²) in [7, 11) is -1.71. The van der Waals surface area contributed by atoms with Gasteiger partial charge in [-0.15, -0.1) is 0 Å². The average molecular weight is 479 g/mol. The molecule has 0 radical (unpaired) electrons. The zero-order valence-electron chi connectivity index (χ0n) is 19.3. The van der Waals surface area contributed by atoms with E-state index in [0.717, 1.165) is 11.1 Å². The number of hydrogen-bond donors (Lipinski definition) is 0. The van der Waals surface area contributed by atoms with Gasteiger partial charge in [0.25, 0.3) is 0 Å². The maximum atomic E-state index is 13.0. The maximum absolute atomic E-state index is 13.0. The first-order chi connectivity index (χ1) is 16.4. The third kappa shape index (κ3) is 6.21. The average Bonchev–Trinajstić information content (AvgIpc) is 3.30. The van der Waals surface area contributed by atoms with Crippen LogP contribution in [-0.4, -0.2) is 53.4 Å². The molecular formula is C26H30N4O3S. The van der Waals surface area contributed by atoms with Gasteiger partial charge in [-0.05, 0) is 30.0 Å². The second-order valence-electron chi connectivity index (χ2n) is 8.66. The standard InChI is InChI=1S/C26H30N4O3S/c1-28(19-24-18-27-29(21-24)20-23-10-6-3-7-11-23)26(31)25-12-15-30(16-13-25)34(32,33)17-14-22-8-4-2-5-9-22/h2-11,14,17-18,21,25H,12-13,15-16,19-20H2,1H3. The summed E-state index contributed by atoms with van der Waals surface area (Å²) >= 11 is 0. The minimum Gasteiger partial charge on any atom is -0.341 e. The number of amides is 1. The molecule has 2 aromatic carbocycles. The molecule has 1 aliphatic heterocycles. The molecule has 4 rings (SSSR count). The largest absolute Gasteiger partial charge is 0.341 e. The molecule has 0 saturated carbocycles. The second kappa shape index (κ2) is 10.8. The Labute approximate surface area is 201 Å². The lowest BCUT2D eigenvalue weighted by Gasteiger charge is -2.31. The summed E-state index contributed by atoms with van der Waals surface area (Å²) in [6.45, 7) is 1.86. The molecule has 7 nitrogen and oxygen atoms in total. The van der Waals surface area contributed by atoms with Gasteiger partial charge in [0.2, 0.25) is 15.9 Å². The molecule has 0 spiro atoms. The summed E-state index contributed by atoms with van der Waals surface area (Å²) in [6.07, 6.45) is 6.41. The van der Waals surface area contributed by atoms with Crippen molar-refractivity contribution in [3.63, 3.8) is 0 Å². The predicted molar refractivity (Wildman–Crippen MR) is 133 cm³/mol. The van der Waals surface area contributed by atoms with Crippen LogP contribution in [0.25, 0.3) is 6.08 Å². The van der Waals surface area contributed by atoms with Crippen LogP contribution in [0.4, 0.5) is 0 Å². The Morgan fingerprint density at radius 2 is 1.68 bits per heavy atom. The van der Waals surface area contributed by atoms with E-state index in [4.69, 9.17) is 0 Å². The van der Waals surface area contributed by atoms with Crippen LogP contribution < -0.4 is 0 Å². The van der Waals surface area contributed by atoms with Crippen molar-refractivity contribution in [1.29, 1.82) is 0 Å². The van der Waals surface area contributed by atoms with E-state index < -0.39 is 10.0 Å². The Kier molecular flexibility index (Phi) is 7.59. The van der Waals surface area contributed by atoms with Gasteiger partial charge in [0.15, 0.2) is 0 Å². The van der Waals surface area contributed by atoms with Crippen LogP contribution >= 0.6 is 0 Å². The number of benzene rings is 2. The highest BCUT2D eigenvalue weighted by molar-refractivity contribution is 7.92. The third-order valence-electron chi connectivity index (χ3n) is 6.07. The van der Waals surface area contributed by atoms with Crippen molar-refractivity contribution in [3.05, 3.63) is 95.2 Å². The van der Waals surface area contributed by atoms with Gasteiger partial charge >= 0.3 is 0 Å². The zero-order chi connectivity index (χ0) is 24.0. The fourth-order valence-corrected chi connectivity index (χ4v) is 5.40. The number of nitrogens with zero attached hydrogens (tertiary/aromatic N) is 4. The van der Waals surface area contributed by atoms with Crippen LogP contribution in [0.5, 0.6) is 0 Å². The van der Waals surface area contributed by atoms with Crippen molar-refractivity contribution in [2.75, 3.05) is 20.1 Å². The van der Waals surface area contributed by atoms with Crippen molar-refractivity contribution < 1.29 is 13.2 Å². The molecule has 178 valence electrons. The molecule has 1 fully saturated rings. The molecular weight excluding hydrogens is 448 g/mol. The molecule has 34 heavy (non-hydrogen) atoms. The monoisotopic (exact) mass is 478 g/mol. The predicted octanol–water partition coefficient (Wildman–Crippen LogP) is 3.60. The molecule has 1 saturated heterocycles. The van der Waals surface area contributed by atoms with Gasteiger partial charge in [-0.3, -0.25) is 9.48 Å². The van der Waals surface area contributed by atoms with Crippen LogP contribution in [0.2, 0.25) is 0 Å².